The van der Waals surface area contributed by atoms with Gasteiger partial charge in [-0.25, -0.2) is 4.79 Å². The maximum atomic E-state index is 10.8. The van der Waals surface area contributed by atoms with Crippen molar-refractivity contribution in [1.29, 1.82) is 0 Å². The van der Waals surface area contributed by atoms with Gasteiger partial charge >= 0.3 is 5.97 Å². The number of carbonyl (C=O) groups is 1. The predicted octanol–water partition coefficient (Wildman–Crippen LogP) is 9.16. The van der Waals surface area contributed by atoms with Crippen LogP contribution in [0.3, 0.4) is 0 Å². The Morgan fingerprint density at radius 3 is 1.82 bits per heavy atom. The van der Waals surface area contributed by atoms with E-state index < -0.39 is 12.6 Å². The van der Waals surface area contributed by atoms with E-state index in [0.717, 1.165) is 55.8 Å². The minimum Gasteiger partial charge on any atom is -0.480 e. The molecule has 2 aromatic heterocycles. The summed E-state index contributed by atoms with van der Waals surface area (Å²) in [5.41, 5.74) is 5.32. The summed E-state index contributed by atoms with van der Waals surface area (Å²) in [4.78, 5) is 11.7. The van der Waals surface area contributed by atoms with Crippen LogP contribution < -0.4 is 4.74 Å². The molecule has 7 heteroatoms. The molecule has 5 rings (SSSR count). The number of ether oxygens (including phenoxy) is 1. The lowest BCUT2D eigenvalue weighted by Crippen LogP contribution is -2.09. The molecule has 0 amide bonds. The van der Waals surface area contributed by atoms with Gasteiger partial charge in [0.05, 0.1) is 5.02 Å². The first-order valence-electron chi connectivity index (χ1n) is 12.7. The summed E-state index contributed by atoms with van der Waals surface area (Å²) < 4.78 is 16.8. The summed E-state index contributed by atoms with van der Waals surface area (Å²) in [6.07, 6.45) is 2.20. The topological polar surface area (TPSA) is 72.8 Å². The highest BCUT2D eigenvalue weighted by molar-refractivity contribution is 7.99. The van der Waals surface area contributed by atoms with Crippen LogP contribution in [0.15, 0.2) is 111 Å². The summed E-state index contributed by atoms with van der Waals surface area (Å²) in [5, 5.41) is 9.21. The fourth-order valence-corrected chi connectivity index (χ4v) is 5.37. The molecule has 0 saturated carbocycles. The summed E-state index contributed by atoms with van der Waals surface area (Å²) in [6.45, 7) is 3.44. The van der Waals surface area contributed by atoms with Gasteiger partial charge in [-0.3, -0.25) is 0 Å². The lowest BCUT2D eigenvalue weighted by atomic mass is 9.95. The summed E-state index contributed by atoms with van der Waals surface area (Å²) in [6, 6.07) is 30.0. The fourth-order valence-electron chi connectivity index (χ4n) is 4.26. The summed E-state index contributed by atoms with van der Waals surface area (Å²) in [5.74, 6) is 3.44. The number of hydrogen-bond acceptors (Lipinski definition) is 5. The van der Waals surface area contributed by atoms with Gasteiger partial charge in [0, 0.05) is 21.8 Å². The van der Waals surface area contributed by atoms with E-state index in [-0.39, 0.29) is 0 Å². The highest BCUT2D eigenvalue weighted by Gasteiger charge is 2.11. The number of aliphatic carboxylic acids is 1. The monoisotopic (exact) mass is 570 g/mol. The second kappa shape index (κ2) is 12.4. The van der Waals surface area contributed by atoms with Gasteiger partial charge in [0.2, 0.25) is 0 Å². The van der Waals surface area contributed by atoms with E-state index in [0.29, 0.717) is 16.5 Å². The number of halogens is 1. The first-order chi connectivity index (χ1) is 19.4. The van der Waals surface area contributed by atoms with Gasteiger partial charge < -0.3 is 18.7 Å². The number of rotatable bonds is 10. The summed E-state index contributed by atoms with van der Waals surface area (Å²) in [7, 11) is 0. The lowest BCUT2D eigenvalue weighted by molar-refractivity contribution is -0.139. The molecule has 0 fully saturated rings. The Kier molecular flexibility index (Phi) is 8.48. The largest absolute Gasteiger partial charge is 0.480 e. The van der Waals surface area contributed by atoms with E-state index in [1.165, 1.54) is 0 Å². The van der Waals surface area contributed by atoms with Gasteiger partial charge in [-0.2, -0.15) is 0 Å². The van der Waals surface area contributed by atoms with Gasteiger partial charge in [-0.15, -0.1) is 11.8 Å². The average Bonchev–Trinajstić information content (AvgIpc) is 3.59. The summed E-state index contributed by atoms with van der Waals surface area (Å²) >= 11 is 7.95. The molecular weight excluding hydrogens is 544 g/mol. The molecule has 40 heavy (non-hydrogen) atoms. The van der Waals surface area contributed by atoms with Crippen LogP contribution in [0, 0.1) is 13.8 Å². The van der Waals surface area contributed by atoms with E-state index >= 15 is 0 Å². The van der Waals surface area contributed by atoms with E-state index in [1.807, 2.05) is 44.2 Å². The van der Waals surface area contributed by atoms with Gasteiger partial charge in [-0.1, -0.05) is 66.2 Å². The van der Waals surface area contributed by atoms with E-state index in [9.17, 15) is 4.79 Å². The highest BCUT2D eigenvalue weighted by atomic mass is 35.5. The zero-order chi connectivity index (χ0) is 28.1. The fraction of sp³-hybridized carbons (Fsp3) is 0.121. The van der Waals surface area contributed by atoms with Crippen molar-refractivity contribution in [2.75, 3.05) is 12.4 Å². The van der Waals surface area contributed by atoms with Crippen LogP contribution in [0.2, 0.25) is 5.02 Å². The Hall–Kier alpha value is -4.13. The van der Waals surface area contributed by atoms with Gasteiger partial charge in [0.1, 0.15) is 28.8 Å². The van der Waals surface area contributed by atoms with Crippen LogP contribution in [0.25, 0.3) is 28.2 Å². The van der Waals surface area contributed by atoms with E-state index in [1.54, 1.807) is 23.9 Å². The molecule has 1 N–H and O–H groups in total. The van der Waals surface area contributed by atoms with E-state index in [2.05, 4.69) is 54.6 Å². The number of furan rings is 2. The first kappa shape index (κ1) is 27.4. The molecule has 0 atom stereocenters. The van der Waals surface area contributed by atoms with Crippen molar-refractivity contribution in [2.24, 2.45) is 0 Å². The van der Waals surface area contributed by atoms with Crippen molar-refractivity contribution in [3.63, 3.8) is 0 Å². The predicted molar refractivity (Wildman–Crippen MR) is 160 cm³/mol. The van der Waals surface area contributed by atoms with Crippen LogP contribution in [0.1, 0.15) is 22.6 Å². The molecule has 5 nitrogen and oxygen atoms in total. The molecule has 0 aliphatic carbocycles. The molecule has 0 unspecified atom stereocenters. The average molecular weight is 571 g/mol. The third-order valence-electron chi connectivity index (χ3n) is 6.23. The molecule has 0 aliphatic rings. The minimum atomic E-state index is -1.05. The van der Waals surface area contributed by atoms with Crippen molar-refractivity contribution in [2.45, 2.75) is 18.7 Å². The van der Waals surface area contributed by atoms with Gasteiger partial charge in [0.25, 0.3) is 0 Å². The standard InChI is InChI=1S/C33H27ClO5S/c1-21-3-14-30(38-21)25-9-5-23(6-10-25)28(24-7-11-26(12-8-24)31-15-4-22(2)39-31)17-18-40-27-13-16-32(29(34)19-27)37-20-33(35)36/h3-17,19H,18,20H2,1-2H3,(H,35,36). The Balaban J connectivity index is 1.39. The van der Waals surface area contributed by atoms with Crippen molar-refractivity contribution in [1.82, 2.24) is 0 Å². The normalized spacial score (nSPS) is 10.9. The van der Waals surface area contributed by atoms with Crippen molar-refractivity contribution in [3.05, 3.63) is 125 Å². The highest BCUT2D eigenvalue weighted by Crippen LogP contribution is 2.33. The first-order valence-corrected chi connectivity index (χ1v) is 14.0. The SMILES string of the molecule is Cc1ccc(-c2ccc(C(=CCSc3ccc(OCC(=O)O)c(Cl)c3)c3ccc(-c4ccc(C)o4)cc3)cc2)o1. The number of aryl methyl sites for hydroxylation is 2. The molecule has 2 heterocycles. The minimum absolute atomic E-state index is 0.350. The Morgan fingerprint density at radius 1 is 0.825 bits per heavy atom. The van der Waals surface area contributed by atoms with Crippen LogP contribution in [-0.4, -0.2) is 23.4 Å². The maximum Gasteiger partial charge on any atom is 0.341 e. The molecule has 0 saturated heterocycles. The smallest absolute Gasteiger partial charge is 0.341 e. The van der Waals surface area contributed by atoms with Crippen molar-refractivity contribution < 1.29 is 23.5 Å². The molecule has 5 aromatic rings. The third-order valence-corrected chi connectivity index (χ3v) is 7.45. The van der Waals surface area contributed by atoms with Gasteiger partial charge in [0.15, 0.2) is 6.61 Å². The lowest BCUT2D eigenvalue weighted by Gasteiger charge is -2.11. The number of hydrogen-bond donors (Lipinski definition) is 1. The van der Waals surface area contributed by atoms with Crippen LogP contribution >= 0.6 is 23.4 Å². The molecule has 0 bridgehead atoms. The number of benzene rings is 3. The molecule has 0 aliphatic heterocycles. The zero-order valence-corrected chi connectivity index (χ0v) is 23.6. The second-order valence-corrected chi connectivity index (χ2v) is 10.7. The van der Waals surface area contributed by atoms with Crippen molar-refractivity contribution >= 4 is 34.9 Å². The van der Waals surface area contributed by atoms with E-state index in [4.69, 9.17) is 30.3 Å². The maximum absolute atomic E-state index is 10.8. The van der Waals surface area contributed by atoms with Crippen LogP contribution in [-0.2, 0) is 4.79 Å². The molecule has 202 valence electrons. The zero-order valence-electron chi connectivity index (χ0n) is 22.0. The molecule has 0 spiro atoms. The van der Waals surface area contributed by atoms with Crippen LogP contribution in [0.5, 0.6) is 5.75 Å². The van der Waals surface area contributed by atoms with Crippen LogP contribution in [0.4, 0.5) is 0 Å². The number of carboxylic acids is 1. The Labute approximate surface area is 242 Å². The Morgan fingerprint density at radius 2 is 1.38 bits per heavy atom. The quantitative estimate of drug-likeness (QED) is 0.169. The third kappa shape index (κ3) is 6.71. The number of carboxylic acid groups (broad SMARTS) is 1. The van der Waals surface area contributed by atoms with Gasteiger partial charge in [-0.05, 0) is 73.0 Å². The number of thioether (sulfide) groups is 1. The molecule has 0 radical (unpaired) electrons. The Bertz CT molecular complexity index is 1560. The second-order valence-electron chi connectivity index (χ2n) is 9.18. The van der Waals surface area contributed by atoms with Crippen molar-refractivity contribution in [3.8, 4) is 28.4 Å². The molecular formula is C33H27ClO5S. The molecule has 3 aromatic carbocycles.